The first kappa shape index (κ1) is 16.8. The first-order valence-electron chi connectivity index (χ1n) is 8.68. The van der Waals surface area contributed by atoms with Crippen LogP contribution in [-0.4, -0.2) is 26.8 Å². The maximum absolute atomic E-state index is 12.9. The molecule has 0 bridgehead atoms. The van der Waals surface area contributed by atoms with Crippen LogP contribution < -0.4 is 15.9 Å². The topological polar surface area (TPSA) is 70.0 Å². The third-order valence-electron chi connectivity index (χ3n) is 4.20. The summed E-state index contributed by atoms with van der Waals surface area (Å²) in [6.45, 7) is 2.14. The van der Waals surface area contributed by atoms with E-state index in [0.717, 1.165) is 34.9 Å². The summed E-state index contributed by atoms with van der Waals surface area (Å²) in [7, 11) is 0. The Hall–Kier alpha value is -2.67. The molecule has 0 radical (unpaired) electrons. The van der Waals surface area contributed by atoms with Gasteiger partial charge in [0.2, 0.25) is 0 Å². The molecule has 6 nitrogen and oxygen atoms in total. The van der Waals surface area contributed by atoms with Gasteiger partial charge < -0.3 is 0 Å². The Balaban J connectivity index is 1.83. The maximum atomic E-state index is 12.9. The lowest BCUT2D eigenvalue weighted by Crippen LogP contribution is -2.50. The van der Waals surface area contributed by atoms with E-state index in [4.69, 9.17) is 10.1 Å². The Morgan fingerprint density at radius 1 is 1.19 bits per heavy atom. The van der Waals surface area contributed by atoms with Gasteiger partial charge in [0.25, 0.3) is 5.91 Å². The normalized spacial score (nSPS) is 18.4. The van der Waals surface area contributed by atoms with Crippen molar-refractivity contribution in [1.29, 1.82) is 0 Å². The number of hydrogen-bond acceptors (Lipinski definition) is 6. The number of carbonyl (C=O) groups is 1. The molecule has 0 saturated heterocycles. The van der Waals surface area contributed by atoms with E-state index < -0.39 is 6.17 Å². The lowest BCUT2D eigenvalue weighted by Gasteiger charge is -2.33. The Kier molecular flexibility index (Phi) is 4.71. The Morgan fingerprint density at radius 3 is 2.85 bits per heavy atom. The molecule has 4 rings (SSSR count). The molecule has 1 atom stereocenters. The van der Waals surface area contributed by atoms with Crippen molar-refractivity contribution < 1.29 is 4.79 Å². The molecule has 2 aliphatic rings. The minimum atomic E-state index is -0.450. The second-order valence-corrected chi connectivity index (χ2v) is 7.11. The fourth-order valence-electron chi connectivity index (χ4n) is 2.93. The SMILES string of the molecule is CCCCSC1=NN2C(=c3ccccc3=N[C@H]2c2ccccn2)C(=O)N1. The molecular weight excluding hydrogens is 346 g/mol. The molecule has 0 saturated carbocycles. The number of nitrogens with zero attached hydrogens (tertiary/aromatic N) is 4. The monoisotopic (exact) mass is 365 g/mol. The number of hydrazone groups is 1. The lowest BCUT2D eigenvalue weighted by molar-refractivity contribution is -0.116. The quantitative estimate of drug-likeness (QED) is 0.838. The van der Waals surface area contributed by atoms with Crippen molar-refractivity contribution in [2.45, 2.75) is 25.9 Å². The molecular formula is C19H19N5OS. The van der Waals surface area contributed by atoms with Gasteiger partial charge in [-0.2, -0.15) is 0 Å². The number of nitrogens with one attached hydrogen (secondary N) is 1. The van der Waals surface area contributed by atoms with Crippen LogP contribution in [0.2, 0.25) is 0 Å². The van der Waals surface area contributed by atoms with Crippen molar-refractivity contribution in [2.75, 3.05) is 5.75 Å². The van der Waals surface area contributed by atoms with Gasteiger partial charge in [-0.05, 0) is 24.6 Å². The summed E-state index contributed by atoms with van der Waals surface area (Å²) in [5.41, 5.74) is 1.28. The second-order valence-electron chi connectivity index (χ2n) is 6.03. The lowest BCUT2D eigenvalue weighted by atomic mass is 10.1. The summed E-state index contributed by atoms with van der Waals surface area (Å²) < 4.78 is 0. The average molecular weight is 365 g/mol. The molecule has 26 heavy (non-hydrogen) atoms. The zero-order valence-electron chi connectivity index (χ0n) is 14.4. The number of unbranched alkanes of at least 4 members (excludes halogenated alkanes) is 1. The third kappa shape index (κ3) is 3.10. The van der Waals surface area contributed by atoms with Gasteiger partial charge in [0, 0.05) is 17.2 Å². The van der Waals surface area contributed by atoms with E-state index in [1.165, 1.54) is 0 Å². The molecule has 0 fully saturated rings. The van der Waals surface area contributed by atoms with E-state index in [1.54, 1.807) is 23.0 Å². The van der Waals surface area contributed by atoms with E-state index in [1.807, 2.05) is 42.5 Å². The van der Waals surface area contributed by atoms with Gasteiger partial charge in [0.1, 0.15) is 5.70 Å². The summed E-state index contributed by atoms with van der Waals surface area (Å²) in [5, 5.41) is 11.5. The molecule has 0 spiro atoms. The largest absolute Gasteiger partial charge is 0.298 e. The minimum absolute atomic E-state index is 0.151. The number of carbonyl (C=O) groups excluding carboxylic acids is 1. The van der Waals surface area contributed by atoms with Gasteiger partial charge in [-0.25, -0.2) is 5.01 Å². The molecule has 1 N–H and O–H groups in total. The van der Waals surface area contributed by atoms with Gasteiger partial charge in [-0.15, -0.1) is 5.10 Å². The number of fused-ring (bicyclic) bond motifs is 2. The minimum Gasteiger partial charge on any atom is -0.298 e. The highest BCUT2D eigenvalue weighted by molar-refractivity contribution is 8.13. The number of amidine groups is 1. The van der Waals surface area contributed by atoms with E-state index >= 15 is 0 Å². The van der Waals surface area contributed by atoms with Gasteiger partial charge in [0.15, 0.2) is 11.3 Å². The van der Waals surface area contributed by atoms with Gasteiger partial charge >= 0.3 is 0 Å². The molecule has 0 aliphatic carbocycles. The Bertz CT molecular complexity index is 973. The van der Waals surface area contributed by atoms with Crippen LogP contribution in [0.5, 0.6) is 0 Å². The first-order chi connectivity index (χ1) is 12.8. The summed E-state index contributed by atoms with van der Waals surface area (Å²) in [4.78, 5) is 22.1. The van der Waals surface area contributed by atoms with Crippen LogP contribution in [0.15, 0.2) is 58.8 Å². The zero-order chi connectivity index (χ0) is 17.9. The molecule has 0 unspecified atom stereocenters. The molecule has 1 aromatic heterocycles. The molecule has 2 aromatic rings. The van der Waals surface area contributed by atoms with Crippen LogP contribution in [0.4, 0.5) is 0 Å². The maximum Gasteiger partial charge on any atom is 0.276 e. The van der Waals surface area contributed by atoms with Gasteiger partial charge in [0.05, 0.1) is 11.1 Å². The predicted molar refractivity (Wildman–Crippen MR) is 102 cm³/mol. The number of pyridine rings is 1. The van der Waals surface area contributed by atoms with Crippen LogP contribution in [-0.2, 0) is 4.79 Å². The number of hydrogen-bond donors (Lipinski definition) is 1. The van der Waals surface area contributed by atoms with Crippen molar-refractivity contribution in [1.82, 2.24) is 15.3 Å². The molecule has 132 valence electrons. The van der Waals surface area contributed by atoms with Gasteiger partial charge in [-0.1, -0.05) is 49.4 Å². The van der Waals surface area contributed by atoms with Crippen LogP contribution in [0, 0.1) is 0 Å². The summed E-state index contributed by atoms with van der Waals surface area (Å²) >= 11 is 1.56. The third-order valence-corrected chi connectivity index (χ3v) is 5.15. The fraction of sp³-hybridized carbons (Fsp3) is 0.263. The van der Waals surface area contributed by atoms with Crippen LogP contribution in [0.25, 0.3) is 5.70 Å². The Morgan fingerprint density at radius 2 is 2.04 bits per heavy atom. The molecule has 1 amide bonds. The van der Waals surface area contributed by atoms with Crippen LogP contribution in [0.3, 0.4) is 0 Å². The smallest absolute Gasteiger partial charge is 0.276 e. The van der Waals surface area contributed by atoms with Crippen molar-refractivity contribution in [3.05, 3.63) is 64.9 Å². The number of rotatable bonds is 4. The summed E-state index contributed by atoms with van der Waals surface area (Å²) in [6, 6.07) is 13.3. The molecule has 7 heteroatoms. The highest BCUT2D eigenvalue weighted by Gasteiger charge is 2.34. The highest BCUT2D eigenvalue weighted by atomic mass is 32.2. The molecule has 2 aliphatic heterocycles. The van der Waals surface area contributed by atoms with E-state index in [-0.39, 0.29) is 5.91 Å². The highest BCUT2D eigenvalue weighted by Crippen LogP contribution is 2.29. The van der Waals surface area contributed by atoms with Crippen molar-refractivity contribution in [2.24, 2.45) is 10.1 Å². The number of aromatic nitrogens is 1. The predicted octanol–water partition coefficient (Wildman–Crippen LogP) is 1.76. The average Bonchev–Trinajstić information content (AvgIpc) is 2.68. The Labute approximate surface area is 155 Å². The number of benzene rings is 1. The summed E-state index contributed by atoms with van der Waals surface area (Å²) in [5.74, 6) is 0.767. The second kappa shape index (κ2) is 7.29. The van der Waals surface area contributed by atoms with E-state index in [9.17, 15) is 4.79 Å². The van der Waals surface area contributed by atoms with Gasteiger partial charge in [-0.3, -0.25) is 20.1 Å². The number of para-hydroxylation sites is 1. The van der Waals surface area contributed by atoms with Crippen LogP contribution >= 0.6 is 11.8 Å². The van der Waals surface area contributed by atoms with E-state index in [2.05, 4.69) is 17.2 Å². The van der Waals surface area contributed by atoms with E-state index in [0.29, 0.717) is 10.9 Å². The summed E-state index contributed by atoms with van der Waals surface area (Å²) in [6.07, 6.45) is 3.46. The molecule has 1 aromatic carbocycles. The molecule has 3 heterocycles. The number of thioether (sulfide) groups is 1. The standard InChI is InChI=1S/C19H19N5OS/c1-2-3-12-26-19-22-18(25)16-13-8-4-5-9-14(13)21-17(24(16)23-19)15-10-6-7-11-20-15/h4-11,17H,2-3,12H2,1H3,(H,22,23,25)/t17-/m1/s1. The van der Waals surface area contributed by atoms with Crippen LogP contribution in [0.1, 0.15) is 31.6 Å². The number of amides is 1. The van der Waals surface area contributed by atoms with Crippen molar-refractivity contribution in [3.8, 4) is 0 Å². The first-order valence-corrected chi connectivity index (χ1v) is 9.66. The van der Waals surface area contributed by atoms with Crippen molar-refractivity contribution in [3.63, 3.8) is 0 Å². The fourth-order valence-corrected chi connectivity index (χ4v) is 3.86. The van der Waals surface area contributed by atoms with Crippen molar-refractivity contribution >= 4 is 28.5 Å². The zero-order valence-corrected chi connectivity index (χ0v) is 15.2.